The number of anilines is 1. The number of piperazine rings is 1. The first-order valence-electron chi connectivity index (χ1n) is 14.7. The SMILES string of the molecule is CCC1CN(c2nc(OCC34CCCN3CCC4)nc3c(F)c(-c4cncc5cccc(Cl)c45)ncc23)CC(C)N1. The minimum atomic E-state index is -0.526. The molecule has 6 heterocycles. The van der Waals surface area contributed by atoms with Crippen LogP contribution in [-0.2, 0) is 0 Å². The molecule has 2 atom stereocenters. The van der Waals surface area contributed by atoms with Gasteiger partial charge >= 0.3 is 6.01 Å². The van der Waals surface area contributed by atoms with Crippen LogP contribution in [0, 0.1) is 5.82 Å². The van der Waals surface area contributed by atoms with Crippen LogP contribution in [-0.4, -0.2) is 75.2 Å². The van der Waals surface area contributed by atoms with Crippen molar-refractivity contribution in [3.8, 4) is 17.3 Å². The third kappa shape index (κ3) is 4.68. The molecular weight excluding hydrogens is 541 g/mol. The molecule has 0 radical (unpaired) electrons. The van der Waals surface area contributed by atoms with E-state index in [2.05, 4.69) is 43.9 Å². The lowest BCUT2D eigenvalue weighted by atomic mass is 9.95. The van der Waals surface area contributed by atoms with Crippen molar-refractivity contribution in [2.75, 3.05) is 37.7 Å². The molecule has 3 fully saturated rings. The quantitative estimate of drug-likeness (QED) is 0.317. The van der Waals surface area contributed by atoms with Crippen LogP contribution in [0.5, 0.6) is 6.01 Å². The number of benzene rings is 1. The summed E-state index contributed by atoms with van der Waals surface area (Å²) in [6.45, 7) is 8.56. The van der Waals surface area contributed by atoms with Crippen LogP contribution in [0.25, 0.3) is 32.9 Å². The van der Waals surface area contributed by atoms with Gasteiger partial charge in [0.05, 0.1) is 10.9 Å². The molecule has 0 saturated carbocycles. The standard InChI is InChI=1S/C31H35ClFN7O/c1-3-21-17-39(16-19(2)36-21)29-23-15-35-27(22-14-34-13-20-7-4-8-24(32)25(20)22)26(33)28(23)37-30(38-29)41-18-31-9-5-11-40(31)12-6-10-31/h4,7-8,13-15,19,21,36H,3,5-6,9-12,16-18H2,1-2H3. The highest BCUT2D eigenvalue weighted by Crippen LogP contribution is 2.40. The van der Waals surface area contributed by atoms with Gasteiger partial charge in [0.2, 0.25) is 0 Å². The van der Waals surface area contributed by atoms with Gasteiger partial charge in [-0.2, -0.15) is 9.97 Å². The van der Waals surface area contributed by atoms with Gasteiger partial charge in [0.15, 0.2) is 5.82 Å². The Labute approximate surface area is 244 Å². The van der Waals surface area contributed by atoms with Gasteiger partial charge in [0.1, 0.15) is 23.6 Å². The Hall–Kier alpha value is -3.14. The van der Waals surface area contributed by atoms with Gasteiger partial charge in [-0.05, 0) is 58.2 Å². The van der Waals surface area contributed by atoms with Crippen LogP contribution in [0.4, 0.5) is 10.2 Å². The maximum atomic E-state index is 16.6. The van der Waals surface area contributed by atoms with E-state index in [-0.39, 0.29) is 28.8 Å². The molecule has 10 heteroatoms. The Morgan fingerprint density at radius 3 is 2.76 bits per heavy atom. The molecule has 2 unspecified atom stereocenters. The summed E-state index contributed by atoms with van der Waals surface area (Å²) >= 11 is 6.58. The average Bonchev–Trinajstić information content (AvgIpc) is 3.56. The number of hydrogen-bond donors (Lipinski definition) is 1. The van der Waals surface area contributed by atoms with Crippen LogP contribution >= 0.6 is 11.6 Å². The largest absolute Gasteiger partial charge is 0.461 e. The van der Waals surface area contributed by atoms with Crippen molar-refractivity contribution < 1.29 is 9.13 Å². The lowest BCUT2D eigenvalue weighted by Gasteiger charge is -2.38. The van der Waals surface area contributed by atoms with E-state index in [1.807, 2.05) is 12.1 Å². The van der Waals surface area contributed by atoms with Gasteiger partial charge in [-0.1, -0.05) is 30.7 Å². The Kier molecular flexibility index (Phi) is 6.92. The normalized spacial score (nSPS) is 22.5. The lowest BCUT2D eigenvalue weighted by molar-refractivity contribution is 0.108. The van der Waals surface area contributed by atoms with Crippen LogP contribution in [0.15, 0.2) is 36.8 Å². The molecule has 41 heavy (non-hydrogen) atoms. The third-order valence-electron chi connectivity index (χ3n) is 9.16. The number of ether oxygens (including phenoxy) is 1. The number of hydrogen-bond acceptors (Lipinski definition) is 8. The number of fused-ring (bicyclic) bond motifs is 3. The summed E-state index contributed by atoms with van der Waals surface area (Å²) in [5, 5.41) is 6.27. The maximum Gasteiger partial charge on any atom is 0.319 e. The predicted molar refractivity (Wildman–Crippen MR) is 160 cm³/mol. The molecule has 0 spiro atoms. The molecule has 0 bridgehead atoms. The zero-order valence-corrected chi connectivity index (χ0v) is 24.3. The van der Waals surface area contributed by atoms with E-state index in [9.17, 15) is 0 Å². The second kappa shape index (κ2) is 10.6. The predicted octanol–water partition coefficient (Wildman–Crippen LogP) is 5.62. The second-order valence-corrected chi connectivity index (χ2v) is 12.2. The van der Waals surface area contributed by atoms with E-state index >= 15 is 4.39 Å². The summed E-state index contributed by atoms with van der Waals surface area (Å²) in [4.78, 5) is 23.3. The Morgan fingerprint density at radius 1 is 1.12 bits per heavy atom. The minimum absolute atomic E-state index is 0.0304. The number of nitrogens with zero attached hydrogens (tertiary/aromatic N) is 6. The van der Waals surface area contributed by atoms with Crippen LogP contribution < -0.4 is 15.0 Å². The van der Waals surface area contributed by atoms with E-state index in [1.165, 1.54) is 12.8 Å². The number of rotatable bonds is 6. The van der Waals surface area contributed by atoms with Crippen LogP contribution in [0.3, 0.4) is 0 Å². The molecule has 3 aliphatic rings. The van der Waals surface area contributed by atoms with Crippen LogP contribution in [0.1, 0.15) is 46.0 Å². The Morgan fingerprint density at radius 2 is 1.95 bits per heavy atom. The number of aromatic nitrogens is 4. The molecule has 4 aromatic rings. The monoisotopic (exact) mass is 575 g/mol. The van der Waals surface area contributed by atoms with Gasteiger partial charge in [-0.3, -0.25) is 14.9 Å². The first-order valence-corrected chi connectivity index (χ1v) is 15.1. The second-order valence-electron chi connectivity index (χ2n) is 11.8. The molecule has 1 aromatic carbocycles. The van der Waals surface area contributed by atoms with Crippen molar-refractivity contribution >= 4 is 39.1 Å². The fraction of sp³-hybridized carbons (Fsp3) is 0.484. The molecule has 3 aliphatic heterocycles. The molecule has 0 amide bonds. The van der Waals surface area contributed by atoms with Crippen molar-refractivity contribution in [3.63, 3.8) is 0 Å². The van der Waals surface area contributed by atoms with E-state index in [0.717, 1.165) is 50.8 Å². The smallest absolute Gasteiger partial charge is 0.319 e. The fourth-order valence-corrected chi connectivity index (χ4v) is 7.43. The zero-order chi connectivity index (χ0) is 28.1. The number of nitrogens with one attached hydrogen (secondary N) is 1. The topological polar surface area (TPSA) is 79.3 Å². The highest BCUT2D eigenvalue weighted by Gasteiger charge is 2.45. The Bertz CT molecular complexity index is 1600. The molecule has 8 nitrogen and oxygen atoms in total. The van der Waals surface area contributed by atoms with Gasteiger partial charge in [0, 0.05) is 65.1 Å². The lowest BCUT2D eigenvalue weighted by Crippen LogP contribution is -2.55. The summed E-state index contributed by atoms with van der Waals surface area (Å²) in [6, 6.07) is 6.34. The summed E-state index contributed by atoms with van der Waals surface area (Å²) in [6.07, 6.45) is 10.6. The van der Waals surface area contributed by atoms with Crippen LogP contribution in [0.2, 0.25) is 5.02 Å². The highest BCUT2D eigenvalue weighted by molar-refractivity contribution is 6.36. The molecule has 214 valence electrons. The number of halogens is 2. The first kappa shape index (κ1) is 26.7. The van der Waals surface area contributed by atoms with Gasteiger partial charge in [-0.25, -0.2) is 4.39 Å². The molecule has 7 rings (SSSR count). The summed E-state index contributed by atoms with van der Waals surface area (Å²) in [5.41, 5.74) is 0.924. The minimum Gasteiger partial charge on any atom is -0.461 e. The molecular formula is C31H35ClFN7O. The van der Waals surface area contributed by atoms with Gasteiger partial charge < -0.3 is 15.0 Å². The summed E-state index contributed by atoms with van der Waals surface area (Å²) in [5.74, 6) is 0.137. The van der Waals surface area contributed by atoms with Crippen molar-refractivity contribution in [3.05, 3.63) is 47.6 Å². The van der Waals surface area contributed by atoms with Crippen molar-refractivity contribution in [1.29, 1.82) is 0 Å². The van der Waals surface area contributed by atoms with E-state index in [1.54, 1.807) is 24.7 Å². The van der Waals surface area contributed by atoms with E-state index in [0.29, 0.717) is 39.8 Å². The molecule has 3 aromatic heterocycles. The fourth-order valence-electron chi connectivity index (χ4n) is 7.14. The van der Waals surface area contributed by atoms with Crippen molar-refractivity contribution in [2.24, 2.45) is 0 Å². The maximum absolute atomic E-state index is 16.6. The summed E-state index contributed by atoms with van der Waals surface area (Å²) in [7, 11) is 0. The van der Waals surface area contributed by atoms with Crippen molar-refractivity contribution in [1.82, 2.24) is 30.2 Å². The van der Waals surface area contributed by atoms with E-state index < -0.39 is 5.82 Å². The van der Waals surface area contributed by atoms with Gasteiger partial charge in [0.25, 0.3) is 0 Å². The zero-order valence-electron chi connectivity index (χ0n) is 23.5. The first-order chi connectivity index (χ1) is 20.0. The number of pyridine rings is 2. The molecule has 3 saturated heterocycles. The summed E-state index contributed by atoms with van der Waals surface area (Å²) < 4.78 is 23.0. The van der Waals surface area contributed by atoms with E-state index in [4.69, 9.17) is 21.3 Å². The highest BCUT2D eigenvalue weighted by atomic mass is 35.5. The van der Waals surface area contributed by atoms with Crippen molar-refractivity contribution in [2.45, 2.75) is 63.6 Å². The third-order valence-corrected chi connectivity index (χ3v) is 9.47. The molecule has 1 N–H and O–H groups in total. The average molecular weight is 576 g/mol. The van der Waals surface area contributed by atoms with Gasteiger partial charge in [-0.15, -0.1) is 0 Å². The molecule has 0 aliphatic carbocycles. The Balaban J connectivity index is 1.35.